The zero-order chi connectivity index (χ0) is 13.7. The number of thiophene rings is 1. The summed E-state index contributed by atoms with van der Waals surface area (Å²) < 4.78 is 5.45. The monoisotopic (exact) mass is 276 g/mol. The maximum Gasteiger partial charge on any atom is 0.210 e. The van der Waals surface area contributed by atoms with E-state index in [0.717, 1.165) is 16.9 Å². The van der Waals surface area contributed by atoms with Crippen LogP contribution in [0.3, 0.4) is 0 Å². The van der Waals surface area contributed by atoms with Gasteiger partial charge in [0, 0.05) is 4.88 Å². The summed E-state index contributed by atoms with van der Waals surface area (Å²) in [6.45, 7) is 2.06. The Morgan fingerprint density at radius 2 is 2.16 bits per heavy atom. The fourth-order valence-corrected chi connectivity index (χ4v) is 2.54. The molecule has 0 bridgehead atoms. The van der Waals surface area contributed by atoms with Gasteiger partial charge in [0.05, 0.1) is 11.5 Å². The van der Waals surface area contributed by atoms with Gasteiger partial charge >= 0.3 is 0 Å². The van der Waals surface area contributed by atoms with Crippen LogP contribution in [0.25, 0.3) is 0 Å². The van der Waals surface area contributed by atoms with Crippen molar-refractivity contribution in [2.75, 3.05) is 6.61 Å². The molecule has 0 amide bonds. The lowest BCUT2D eigenvalue weighted by atomic mass is 10.2. The molecule has 2 rings (SSSR count). The van der Waals surface area contributed by atoms with Crippen molar-refractivity contribution in [2.45, 2.75) is 20.0 Å². The molecule has 0 atom stereocenters. The normalized spacial score (nSPS) is 10.4. The van der Waals surface area contributed by atoms with E-state index in [2.05, 4.69) is 6.92 Å². The summed E-state index contributed by atoms with van der Waals surface area (Å²) >= 11 is 1.51. The van der Waals surface area contributed by atoms with Crippen LogP contribution in [0.2, 0.25) is 0 Å². The van der Waals surface area contributed by atoms with Crippen LogP contribution in [0.1, 0.15) is 27.0 Å². The highest BCUT2D eigenvalue weighted by atomic mass is 32.1. The third kappa shape index (κ3) is 3.66. The molecule has 1 aromatic carbocycles. The summed E-state index contributed by atoms with van der Waals surface area (Å²) in [7, 11) is 0. The van der Waals surface area contributed by atoms with Gasteiger partial charge in [-0.1, -0.05) is 19.1 Å². The Bertz CT molecular complexity index is 560. The van der Waals surface area contributed by atoms with Crippen LogP contribution in [0.5, 0.6) is 5.75 Å². The van der Waals surface area contributed by atoms with Crippen molar-refractivity contribution in [2.24, 2.45) is 0 Å². The van der Waals surface area contributed by atoms with E-state index in [0.29, 0.717) is 5.75 Å². The highest BCUT2D eigenvalue weighted by molar-refractivity contribution is 7.14. The summed E-state index contributed by atoms with van der Waals surface area (Å²) in [6, 6.07) is 10.9. The fraction of sp³-hybridized carbons (Fsp3) is 0.267. The maximum atomic E-state index is 11.9. The van der Waals surface area contributed by atoms with Crippen LogP contribution in [0, 0.1) is 0 Å². The molecule has 1 aromatic heterocycles. The van der Waals surface area contributed by atoms with Crippen LogP contribution in [-0.4, -0.2) is 17.5 Å². The van der Waals surface area contributed by atoms with Gasteiger partial charge in [-0.3, -0.25) is 4.79 Å². The van der Waals surface area contributed by atoms with E-state index in [9.17, 15) is 4.79 Å². The van der Waals surface area contributed by atoms with E-state index in [4.69, 9.17) is 9.84 Å². The van der Waals surface area contributed by atoms with Gasteiger partial charge in [-0.05, 0) is 36.2 Å². The number of aliphatic hydroxyl groups excluding tert-OH is 1. The summed E-state index contributed by atoms with van der Waals surface area (Å²) in [5, 5.41) is 9.03. The van der Waals surface area contributed by atoms with E-state index in [1.807, 2.05) is 18.2 Å². The Hall–Kier alpha value is -1.65. The zero-order valence-electron chi connectivity index (χ0n) is 10.8. The number of hydrogen-bond acceptors (Lipinski definition) is 4. The Morgan fingerprint density at radius 3 is 2.84 bits per heavy atom. The van der Waals surface area contributed by atoms with E-state index in [1.54, 1.807) is 18.2 Å². The standard InChI is InChI=1S/C15H16O3S/c1-2-13-6-7-15(19-13)14(17)10-18-12-5-3-4-11(8-12)9-16/h3-8,16H,2,9-10H2,1H3. The first-order valence-corrected chi connectivity index (χ1v) is 6.99. The topological polar surface area (TPSA) is 46.5 Å². The van der Waals surface area contributed by atoms with Crippen molar-refractivity contribution in [1.29, 1.82) is 0 Å². The second-order valence-electron chi connectivity index (χ2n) is 4.14. The SMILES string of the molecule is CCc1ccc(C(=O)COc2cccc(CO)c2)s1. The second-order valence-corrected chi connectivity index (χ2v) is 5.31. The number of carbonyl (C=O) groups is 1. The van der Waals surface area contributed by atoms with Crippen molar-refractivity contribution >= 4 is 17.1 Å². The van der Waals surface area contributed by atoms with E-state index < -0.39 is 0 Å². The molecule has 1 N–H and O–H groups in total. The number of carbonyl (C=O) groups excluding carboxylic acids is 1. The third-order valence-corrected chi connectivity index (χ3v) is 4.01. The summed E-state index contributed by atoms with van der Waals surface area (Å²) in [5.74, 6) is 0.589. The van der Waals surface area contributed by atoms with Gasteiger partial charge in [0.25, 0.3) is 0 Å². The van der Waals surface area contributed by atoms with E-state index in [1.165, 1.54) is 16.2 Å². The van der Waals surface area contributed by atoms with Crippen molar-refractivity contribution in [3.05, 3.63) is 51.7 Å². The Balaban J connectivity index is 1.96. The molecule has 0 unspecified atom stereocenters. The smallest absolute Gasteiger partial charge is 0.210 e. The quantitative estimate of drug-likeness (QED) is 0.825. The minimum absolute atomic E-state index is 0.0147. The van der Waals surface area contributed by atoms with Crippen molar-refractivity contribution in [3.63, 3.8) is 0 Å². The zero-order valence-corrected chi connectivity index (χ0v) is 11.6. The molecule has 0 aliphatic carbocycles. The maximum absolute atomic E-state index is 11.9. The largest absolute Gasteiger partial charge is 0.485 e. The summed E-state index contributed by atoms with van der Waals surface area (Å²) in [6.07, 6.45) is 0.942. The molecular formula is C15H16O3S. The molecule has 1 heterocycles. The molecule has 0 aliphatic heterocycles. The predicted octanol–water partition coefficient (Wildman–Crippen LogP) is 3.06. The molecule has 0 radical (unpaired) electrons. The highest BCUT2D eigenvalue weighted by Gasteiger charge is 2.09. The first kappa shape index (κ1) is 13.8. The minimum Gasteiger partial charge on any atom is -0.485 e. The Morgan fingerprint density at radius 1 is 1.32 bits per heavy atom. The number of Topliss-reactive ketones (excluding diaryl/α,β-unsaturated/α-hetero) is 1. The van der Waals surface area contributed by atoms with Gasteiger partial charge in [0.15, 0.2) is 6.61 Å². The van der Waals surface area contributed by atoms with Crippen molar-refractivity contribution in [1.82, 2.24) is 0 Å². The van der Waals surface area contributed by atoms with Crippen LogP contribution in [-0.2, 0) is 13.0 Å². The van der Waals surface area contributed by atoms with Crippen LogP contribution < -0.4 is 4.74 Å². The first-order valence-electron chi connectivity index (χ1n) is 6.17. The number of rotatable bonds is 6. The van der Waals surface area contributed by atoms with Gasteiger partial charge in [0.1, 0.15) is 5.75 Å². The summed E-state index contributed by atoms with van der Waals surface area (Å²) in [4.78, 5) is 13.9. The molecule has 19 heavy (non-hydrogen) atoms. The number of hydrogen-bond donors (Lipinski definition) is 1. The molecule has 0 fully saturated rings. The fourth-order valence-electron chi connectivity index (χ4n) is 1.67. The highest BCUT2D eigenvalue weighted by Crippen LogP contribution is 2.18. The average Bonchev–Trinajstić information content (AvgIpc) is 2.94. The van der Waals surface area contributed by atoms with Crippen molar-refractivity contribution in [3.8, 4) is 5.75 Å². The third-order valence-electron chi connectivity index (χ3n) is 2.74. The lowest BCUT2D eigenvalue weighted by molar-refractivity contribution is 0.0925. The Kier molecular flexibility index (Phi) is 4.71. The minimum atomic E-state index is -0.0318. The molecule has 0 spiro atoms. The summed E-state index contributed by atoms with van der Waals surface area (Å²) in [5.41, 5.74) is 0.773. The van der Waals surface area contributed by atoms with E-state index >= 15 is 0 Å². The number of ketones is 1. The van der Waals surface area contributed by atoms with Gasteiger partial charge in [-0.2, -0.15) is 0 Å². The van der Waals surface area contributed by atoms with Gasteiger partial charge in [-0.25, -0.2) is 0 Å². The molecule has 0 saturated carbocycles. The number of benzene rings is 1. The van der Waals surface area contributed by atoms with Crippen molar-refractivity contribution < 1.29 is 14.6 Å². The lowest BCUT2D eigenvalue weighted by Crippen LogP contribution is -2.10. The lowest BCUT2D eigenvalue weighted by Gasteiger charge is -2.05. The predicted molar refractivity (Wildman–Crippen MR) is 75.9 cm³/mol. The molecule has 0 saturated heterocycles. The molecule has 100 valence electrons. The second kappa shape index (κ2) is 6.50. The molecule has 3 nitrogen and oxygen atoms in total. The number of aliphatic hydroxyl groups is 1. The number of aryl methyl sites for hydroxylation is 1. The molecule has 4 heteroatoms. The Labute approximate surface area is 116 Å². The van der Waals surface area contributed by atoms with Gasteiger partial charge in [0.2, 0.25) is 5.78 Å². The average molecular weight is 276 g/mol. The molecular weight excluding hydrogens is 260 g/mol. The van der Waals surface area contributed by atoms with Crippen LogP contribution >= 0.6 is 11.3 Å². The van der Waals surface area contributed by atoms with Gasteiger partial charge < -0.3 is 9.84 Å². The van der Waals surface area contributed by atoms with E-state index in [-0.39, 0.29) is 19.0 Å². The molecule has 2 aromatic rings. The van der Waals surface area contributed by atoms with Crippen LogP contribution in [0.15, 0.2) is 36.4 Å². The number of ether oxygens (including phenoxy) is 1. The molecule has 0 aliphatic rings. The first-order chi connectivity index (χ1) is 9.22. The van der Waals surface area contributed by atoms with Crippen LogP contribution in [0.4, 0.5) is 0 Å². The van der Waals surface area contributed by atoms with Gasteiger partial charge in [-0.15, -0.1) is 11.3 Å².